The van der Waals surface area contributed by atoms with Crippen molar-refractivity contribution in [3.63, 3.8) is 0 Å². The molecular weight excluding hydrogens is 314 g/mol. The minimum Gasteiger partial charge on any atom is -0.399 e. The number of nitrogens with two attached hydrogens (primary N) is 1. The topological polar surface area (TPSA) is 75.4 Å². The van der Waals surface area contributed by atoms with Crippen LogP contribution in [0.1, 0.15) is 49.3 Å². The van der Waals surface area contributed by atoms with Crippen molar-refractivity contribution in [2.75, 3.05) is 18.8 Å². The Labute approximate surface area is 143 Å². The summed E-state index contributed by atoms with van der Waals surface area (Å²) in [4.78, 5) is 25.7. The van der Waals surface area contributed by atoms with Gasteiger partial charge in [-0.15, -0.1) is 12.4 Å². The van der Waals surface area contributed by atoms with E-state index in [0.717, 1.165) is 37.8 Å². The lowest BCUT2D eigenvalue weighted by atomic mass is 9.87. The van der Waals surface area contributed by atoms with E-state index in [-0.39, 0.29) is 36.8 Å². The van der Waals surface area contributed by atoms with E-state index in [1.807, 2.05) is 18.2 Å². The molecule has 1 saturated heterocycles. The first-order chi connectivity index (χ1) is 10.6. The van der Waals surface area contributed by atoms with Gasteiger partial charge in [-0.25, -0.2) is 0 Å². The summed E-state index contributed by atoms with van der Waals surface area (Å²) in [7, 11) is 0. The fraction of sp³-hybridized carbons (Fsp3) is 0.529. The predicted octanol–water partition coefficient (Wildman–Crippen LogP) is 2.20. The largest absolute Gasteiger partial charge is 0.399 e. The van der Waals surface area contributed by atoms with E-state index >= 15 is 0 Å². The SMILES string of the molecule is Cl.Nc1ccc2c(c1)CCCC2NC(=O)CN1CCCCC1=O. The molecule has 0 bridgehead atoms. The Kier molecular flexibility index (Phi) is 5.88. The molecule has 0 aromatic heterocycles. The number of hydrogen-bond acceptors (Lipinski definition) is 3. The number of halogens is 1. The number of rotatable bonds is 3. The van der Waals surface area contributed by atoms with Crippen LogP contribution in [-0.4, -0.2) is 29.8 Å². The zero-order chi connectivity index (χ0) is 15.5. The van der Waals surface area contributed by atoms with Crippen LogP contribution in [0.3, 0.4) is 0 Å². The van der Waals surface area contributed by atoms with Gasteiger partial charge < -0.3 is 16.0 Å². The van der Waals surface area contributed by atoms with Gasteiger partial charge in [0.1, 0.15) is 0 Å². The normalized spacial score (nSPS) is 20.4. The van der Waals surface area contributed by atoms with Gasteiger partial charge in [0.25, 0.3) is 0 Å². The lowest BCUT2D eigenvalue weighted by molar-refractivity contribution is -0.138. The van der Waals surface area contributed by atoms with Gasteiger partial charge in [0, 0.05) is 18.7 Å². The molecule has 5 nitrogen and oxygen atoms in total. The van der Waals surface area contributed by atoms with Crippen LogP contribution >= 0.6 is 12.4 Å². The van der Waals surface area contributed by atoms with Crippen LogP contribution in [0.5, 0.6) is 0 Å². The van der Waals surface area contributed by atoms with Gasteiger partial charge in [-0.3, -0.25) is 9.59 Å². The van der Waals surface area contributed by atoms with E-state index in [1.165, 1.54) is 11.1 Å². The standard InChI is InChI=1S/C17H23N3O2.ClH/c18-13-7-8-14-12(10-13)4-3-5-15(14)19-16(21)11-20-9-2-1-6-17(20)22;/h7-8,10,15H,1-6,9,11,18H2,(H,19,21);1H. The Balaban J connectivity index is 0.00000192. The molecule has 3 rings (SSSR count). The molecule has 1 atom stereocenters. The van der Waals surface area contributed by atoms with Crippen molar-refractivity contribution < 1.29 is 9.59 Å². The molecule has 3 N–H and O–H groups in total. The maximum Gasteiger partial charge on any atom is 0.240 e. The number of anilines is 1. The molecule has 1 aliphatic heterocycles. The van der Waals surface area contributed by atoms with Gasteiger partial charge in [-0.2, -0.15) is 0 Å². The van der Waals surface area contributed by atoms with E-state index in [0.29, 0.717) is 13.0 Å². The molecule has 126 valence electrons. The summed E-state index contributed by atoms with van der Waals surface area (Å²) in [5.74, 6) is 0.0307. The van der Waals surface area contributed by atoms with E-state index in [1.54, 1.807) is 4.90 Å². The number of nitrogens with zero attached hydrogens (tertiary/aromatic N) is 1. The second kappa shape index (κ2) is 7.68. The second-order valence-electron chi connectivity index (χ2n) is 6.24. The second-order valence-corrected chi connectivity index (χ2v) is 6.24. The molecule has 1 fully saturated rings. The minimum atomic E-state index is -0.0649. The zero-order valence-electron chi connectivity index (χ0n) is 13.2. The van der Waals surface area contributed by atoms with Crippen molar-refractivity contribution >= 4 is 29.9 Å². The molecule has 1 aromatic rings. The van der Waals surface area contributed by atoms with Gasteiger partial charge in [-0.1, -0.05) is 6.07 Å². The molecular formula is C17H24ClN3O2. The van der Waals surface area contributed by atoms with Crippen LogP contribution in [-0.2, 0) is 16.0 Å². The fourth-order valence-corrected chi connectivity index (χ4v) is 3.43. The molecule has 6 heteroatoms. The highest BCUT2D eigenvalue weighted by Gasteiger charge is 2.24. The maximum atomic E-state index is 12.3. The number of carbonyl (C=O) groups is 2. The van der Waals surface area contributed by atoms with Gasteiger partial charge in [0.15, 0.2) is 0 Å². The number of likely N-dealkylation sites (tertiary alicyclic amines) is 1. The summed E-state index contributed by atoms with van der Waals surface area (Å²) in [6.07, 6.45) is 5.50. The van der Waals surface area contributed by atoms with Crippen LogP contribution < -0.4 is 11.1 Å². The van der Waals surface area contributed by atoms with Crippen LogP contribution in [0.15, 0.2) is 18.2 Å². The highest BCUT2D eigenvalue weighted by Crippen LogP contribution is 2.30. The number of carbonyl (C=O) groups excluding carboxylic acids is 2. The van der Waals surface area contributed by atoms with E-state index < -0.39 is 0 Å². The first-order valence-electron chi connectivity index (χ1n) is 8.09. The number of fused-ring (bicyclic) bond motifs is 1. The molecule has 0 saturated carbocycles. The number of aryl methyl sites for hydroxylation is 1. The molecule has 1 aromatic carbocycles. The van der Waals surface area contributed by atoms with E-state index in [9.17, 15) is 9.59 Å². The average Bonchev–Trinajstić information content (AvgIpc) is 2.49. The van der Waals surface area contributed by atoms with Crippen molar-refractivity contribution in [1.29, 1.82) is 0 Å². The highest BCUT2D eigenvalue weighted by molar-refractivity contribution is 5.85. The third-order valence-corrected chi connectivity index (χ3v) is 4.57. The van der Waals surface area contributed by atoms with Crippen LogP contribution in [0, 0.1) is 0 Å². The molecule has 23 heavy (non-hydrogen) atoms. The number of piperidine rings is 1. The lowest BCUT2D eigenvalue weighted by Crippen LogP contribution is -2.44. The average molecular weight is 338 g/mol. The predicted molar refractivity (Wildman–Crippen MR) is 92.4 cm³/mol. The summed E-state index contributed by atoms with van der Waals surface area (Å²) >= 11 is 0. The molecule has 0 radical (unpaired) electrons. The first-order valence-corrected chi connectivity index (χ1v) is 8.09. The Morgan fingerprint density at radius 1 is 1.26 bits per heavy atom. The smallest absolute Gasteiger partial charge is 0.240 e. The van der Waals surface area contributed by atoms with Crippen LogP contribution in [0.2, 0.25) is 0 Å². The third kappa shape index (κ3) is 4.16. The molecule has 2 amide bonds. The van der Waals surface area contributed by atoms with Crippen LogP contribution in [0.25, 0.3) is 0 Å². The minimum absolute atomic E-state index is 0. The van der Waals surface area contributed by atoms with Crippen molar-refractivity contribution in [1.82, 2.24) is 10.2 Å². The van der Waals surface area contributed by atoms with Crippen molar-refractivity contribution in [3.8, 4) is 0 Å². The highest BCUT2D eigenvalue weighted by atomic mass is 35.5. The number of hydrogen-bond donors (Lipinski definition) is 2. The molecule has 1 heterocycles. The van der Waals surface area contributed by atoms with Crippen molar-refractivity contribution in [3.05, 3.63) is 29.3 Å². The van der Waals surface area contributed by atoms with Gasteiger partial charge in [0.2, 0.25) is 11.8 Å². The van der Waals surface area contributed by atoms with Gasteiger partial charge >= 0.3 is 0 Å². The Morgan fingerprint density at radius 3 is 2.87 bits per heavy atom. The van der Waals surface area contributed by atoms with E-state index in [4.69, 9.17) is 5.73 Å². The summed E-state index contributed by atoms with van der Waals surface area (Å²) < 4.78 is 0. The molecule has 1 unspecified atom stereocenters. The monoisotopic (exact) mass is 337 g/mol. The van der Waals surface area contributed by atoms with E-state index in [2.05, 4.69) is 5.32 Å². The Hall–Kier alpha value is -1.75. The molecule has 1 aliphatic carbocycles. The lowest BCUT2D eigenvalue weighted by Gasteiger charge is -2.29. The zero-order valence-corrected chi connectivity index (χ0v) is 14.0. The fourth-order valence-electron chi connectivity index (χ4n) is 3.43. The van der Waals surface area contributed by atoms with Crippen molar-refractivity contribution in [2.45, 2.75) is 44.6 Å². The van der Waals surface area contributed by atoms with Crippen molar-refractivity contribution in [2.24, 2.45) is 0 Å². The number of benzene rings is 1. The maximum absolute atomic E-state index is 12.3. The number of nitrogens with one attached hydrogen (secondary N) is 1. The first kappa shape index (κ1) is 17.6. The Morgan fingerprint density at radius 2 is 2.09 bits per heavy atom. The number of amides is 2. The summed E-state index contributed by atoms with van der Waals surface area (Å²) in [5, 5.41) is 3.09. The van der Waals surface area contributed by atoms with Gasteiger partial charge in [-0.05, 0) is 55.4 Å². The summed E-state index contributed by atoms with van der Waals surface area (Å²) in [5.41, 5.74) is 9.00. The van der Waals surface area contributed by atoms with Crippen LogP contribution in [0.4, 0.5) is 5.69 Å². The Bertz CT molecular complexity index is 591. The molecule has 2 aliphatic rings. The summed E-state index contributed by atoms with van der Waals surface area (Å²) in [6, 6.07) is 5.94. The quantitative estimate of drug-likeness (QED) is 0.830. The number of nitrogen functional groups attached to an aromatic ring is 1. The summed E-state index contributed by atoms with van der Waals surface area (Å²) in [6.45, 7) is 0.879. The van der Waals surface area contributed by atoms with Gasteiger partial charge in [0.05, 0.1) is 12.6 Å². The third-order valence-electron chi connectivity index (χ3n) is 4.57. The molecule has 0 spiro atoms.